The Morgan fingerprint density at radius 3 is 2.56 bits per heavy atom. The number of anilines is 1. The van der Waals surface area contributed by atoms with Crippen LogP contribution in [0.1, 0.15) is 11.3 Å². The molecule has 4 nitrogen and oxygen atoms in total. The third kappa shape index (κ3) is 3.40. The number of ether oxygens (including phenoxy) is 1. The van der Waals surface area contributed by atoms with E-state index < -0.39 is 11.6 Å². The van der Waals surface area contributed by atoms with Gasteiger partial charge in [-0.25, -0.2) is 13.8 Å². The molecule has 0 unspecified atom stereocenters. The second-order valence-electron chi connectivity index (χ2n) is 5.92. The lowest BCUT2D eigenvalue weighted by Crippen LogP contribution is -2.05. The standard InChI is InChI=1S/C19H15F2N3OS.FH/c1-10-13-7-14-16(23-19(13)26-24-10)8-15(20)18(17(14)21)22-9-11-3-5-12(25-2)6-4-11;/h3-8,22H,9H2,1-2H3;1H. The molecule has 0 saturated heterocycles. The smallest absolute Gasteiger partial charge is 0.158 e. The highest BCUT2D eigenvalue weighted by Crippen LogP contribution is 2.31. The van der Waals surface area contributed by atoms with Gasteiger partial charge in [-0.05, 0) is 42.2 Å². The molecule has 0 atom stereocenters. The number of pyridine rings is 1. The van der Waals surface area contributed by atoms with E-state index in [4.69, 9.17) is 4.74 Å². The van der Waals surface area contributed by atoms with Crippen molar-refractivity contribution in [3.8, 4) is 5.75 Å². The Hall–Kier alpha value is -2.87. The predicted octanol–water partition coefficient (Wildman–Crippen LogP) is 5.20. The second-order valence-corrected chi connectivity index (χ2v) is 6.68. The molecule has 0 aliphatic rings. The Labute approximate surface area is 157 Å². The van der Waals surface area contributed by atoms with Crippen molar-refractivity contribution in [3.05, 3.63) is 59.3 Å². The molecule has 2 aromatic carbocycles. The number of aryl methyl sites for hydroxylation is 1. The van der Waals surface area contributed by atoms with Crippen LogP contribution in [-0.2, 0) is 6.54 Å². The van der Waals surface area contributed by atoms with E-state index in [1.54, 1.807) is 25.3 Å². The van der Waals surface area contributed by atoms with Gasteiger partial charge in [-0.2, -0.15) is 4.37 Å². The predicted molar refractivity (Wildman–Crippen MR) is 102 cm³/mol. The summed E-state index contributed by atoms with van der Waals surface area (Å²) >= 11 is 1.22. The fourth-order valence-electron chi connectivity index (χ4n) is 2.81. The van der Waals surface area contributed by atoms with Crippen LogP contribution in [0.25, 0.3) is 21.1 Å². The third-order valence-corrected chi connectivity index (χ3v) is 5.11. The van der Waals surface area contributed by atoms with Crippen molar-refractivity contribution in [2.24, 2.45) is 0 Å². The Balaban J connectivity index is 0.00000210. The average molecular weight is 391 g/mol. The van der Waals surface area contributed by atoms with Gasteiger partial charge in [0.2, 0.25) is 0 Å². The molecule has 0 aliphatic heterocycles. The Morgan fingerprint density at radius 1 is 1.11 bits per heavy atom. The number of fused-ring (bicyclic) bond motifs is 2. The fraction of sp³-hybridized carbons (Fsp3) is 0.158. The van der Waals surface area contributed by atoms with Gasteiger partial charge in [0.25, 0.3) is 0 Å². The summed E-state index contributed by atoms with van der Waals surface area (Å²) in [7, 11) is 1.59. The number of aromatic nitrogens is 2. The highest BCUT2D eigenvalue weighted by Gasteiger charge is 2.16. The molecule has 140 valence electrons. The minimum atomic E-state index is -0.670. The van der Waals surface area contributed by atoms with Crippen molar-refractivity contribution >= 4 is 38.3 Å². The molecule has 0 amide bonds. The highest BCUT2D eigenvalue weighted by atomic mass is 32.1. The van der Waals surface area contributed by atoms with E-state index in [2.05, 4.69) is 14.7 Å². The highest BCUT2D eigenvalue weighted by molar-refractivity contribution is 7.13. The maximum atomic E-state index is 14.9. The maximum Gasteiger partial charge on any atom is 0.158 e. The van der Waals surface area contributed by atoms with Crippen molar-refractivity contribution < 1.29 is 18.2 Å². The van der Waals surface area contributed by atoms with E-state index in [1.807, 2.05) is 19.1 Å². The minimum absolute atomic E-state index is 0. The monoisotopic (exact) mass is 391 g/mol. The molecule has 4 aromatic rings. The zero-order chi connectivity index (χ0) is 18.3. The minimum Gasteiger partial charge on any atom is -0.497 e. The van der Waals surface area contributed by atoms with Gasteiger partial charge in [0.15, 0.2) is 11.6 Å². The summed E-state index contributed by atoms with van der Waals surface area (Å²) in [5.41, 5.74) is 1.80. The molecule has 4 rings (SSSR count). The SMILES string of the molecule is COc1ccc(CNc2c(F)cc3nc4snc(C)c4cc3c2F)cc1.F. The number of methoxy groups -OCH3 is 1. The van der Waals surface area contributed by atoms with Gasteiger partial charge in [0.1, 0.15) is 16.3 Å². The van der Waals surface area contributed by atoms with Gasteiger partial charge < -0.3 is 10.1 Å². The Morgan fingerprint density at radius 2 is 1.85 bits per heavy atom. The summed E-state index contributed by atoms with van der Waals surface area (Å²) in [6, 6.07) is 10.2. The summed E-state index contributed by atoms with van der Waals surface area (Å²) in [6.07, 6.45) is 0. The topological polar surface area (TPSA) is 47.0 Å². The molecule has 27 heavy (non-hydrogen) atoms. The molecule has 1 N–H and O–H groups in total. The van der Waals surface area contributed by atoms with Crippen LogP contribution in [0.2, 0.25) is 0 Å². The van der Waals surface area contributed by atoms with Crippen LogP contribution in [0.4, 0.5) is 19.2 Å². The molecule has 0 saturated carbocycles. The lowest BCUT2D eigenvalue weighted by molar-refractivity contribution is 0.414. The van der Waals surface area contributed by atoms with Crippen LogP contribution in [-0.4, -0.2) is 16.5 Å². The summed E-state index contributed by atoms with van der Waals surface area (Å²) < 4.78 is 38.7. The first-order valence-electron chi connectivity index (χ1n) is 7.98. The Bertz CT molecular complexity index is 1110. The van der Waals surface area contributed by atoms with E-state index in [0.717, 1.165) is 22.4 Å². The third-order valence-electron chi connectivity index (χ3n) is 4.26. The van der Waals surface area contributed by atoms with Crippen LogP contribution >= 0.6 is 11.5 Å². The van der Waals surface area contributed by atoms with Gasteiger partial charge in [0, 0.05) is 23.4 Å². The molecular weight excluding hydrogens is 375 g/mol. The maximum absolute atomic E-state index is 14.9. The molecule has 0 spiro atoms. The van der Waals surface area contributed by atoms with Crippen molar-refractivity contribution in [3.63, 3.8) is 0 Å². The molecule has 0 radical (unpaired) electrons. The number of halogens is 3. The van der Waals surface area contributed by atoms with E-state index >= 15 is 0 Å². The van der Waals surface area contributed by atoms with Crippen LogP contribution in [0.5, 0.6) is 5.75 Å². The summed E-state index contributed by atoms with van der Waals surface area (Å²) in [5.74, 6) is -0.586. The van der Waals surface area contributed by atoms with E-state index in [9.17, 15) is 8.78 Å². The lowest BCUT2D eigenvalue weighted by Gasteiger charge is -2.11. The number of hydrogen-bond acceptors (Lipinski definition) is 5. The summed E-state index contributed by atoms with van der Waals surface area (Å²) in [6.45, 7) is 2.13. The van der Waals surface area contributed by atoms with Gasteiger partial charge in [0.05, 0.1) is 18.3 Å². The zero-order valence-corrected chi connectivity index (χ0v) is 15.4. The fourth-order valence-corrected chi connectivity index (χ4v) is 3.58. The van der Waals surface area contributed by atoms with Crippen LogP contribution in [0.15, 0.2) is 36.4 Å². The molecule has 0 bridgehead atoms. The first-order valence-corrected chi connectivity index (χ1v) is 8.75. The quantitative estimate of drug-likeness (QED) is 0.519. The summed E-state index contributed by atoms with van der Waals surface area (Å²) in [4.78, 5) is 5.01. The van der Waals surface area contributed by atoms with Crippen molar-refractivity contribution in [1.29, 1.82) is 0 Å². The van der Waals surface area contributed by atoms with E-state index in [1.165, 1.54) is 17.6 Å². The lowest BCUT2D eigenvalue weighted by atomic mass is 10.1. The van der Waals surface area contributed by atoms with Crippen molar-refractivity contribution in [2.75, 3.05) is 12.4 Å². The van der Waals surface area contributed by atoms with E-state index in [0.29, 0.717) is 4.83 Å². The average Bonchev–Trinajstić information content (AvgIpc) is 3.01. The number of rotatable bonds is 4. The first kappa shape index (κ1) is 18.9. The molecule has 0 fully saturated rings. The van der Waals surface area contributed by atoms with E-state index in [-0.39, 0.29) is 27.8 Å². The van der Waals surface area contributed by atoms with Crippen LogP contribution in [0, 0.1) is 18.6 Å². The number of nitrogens with one attached hydrogen (secondary N) is 1. The molecule has 2 heterocycles. The number of benzene rings is 2. The van der Waals surface area contributed by atoms with Gasteiger partial charge in [-0.3, -0.25) is 4.70 Å². The number of nitrogens with zero attached hydrogens (tertiary/aromatic N) is 2. The number of hydrogen-bond donors (Lipinski definition) is 1. The van der Waals surface area contributed by atoms with Crippen molar-refractivity contribution in [2.45, 2.75) is 13.5 Å². The first-order chi connectivity index (χ1) is 12.6. The van der Waals surface area contributed by atoms with Crippen LogP contribution < -0.4 is 10.1 Å². The molecule has 2 aromatic heterocycles. The zero-order valence-electron chi connectivity index (χ0n) is 14.5. The Kier molecular flexibility index (Phi) is 5.18. The normalized spacial score (nSPS) is 10.8. The molecule has 8 heteroatoms. The van der Waals surface area contributed by atoms with Gasteiger partial charge in [-0.15, -0.1) is 0 Å². The summed E-state index contributed by atoms with van der Waals surface area (Å²) in [5, 5.41) is 3.92. The van der Waals surface area contributed by atoms with Gasteiger partial charge >= 0.3 is 0 Å². The second kappa shape index (κ2) is 7.40. The van der Waals surface area contributed by atoms with Gasteiger partial charge in [-0.1, -0.05) is 12.1 Å². The largest absolute Gasteiger partial charge is 0.497 e. The van der Waals surface area contributed by atoms with Crippen LogP contribution in [0.3, 0.4) is 0 Å². The molecular formula is C19H16F3N3OS. The molecule has 0 aliphatic carbocycles. The van der Waals surface area contributed by atoms with Crippen molar-refractivity contribution in [1.82, 2.24) is 9.36 Å².